The second kappa shape index (κ2) is 6.80. The Morgan fingerprint density at radius 2 is 2.00 bits per heavy atom. The maximum Gasteiger partial charge on any atom is 0.124 e. The summed E-state index contributed by atoms with van der Waals surface area (Å²) < 4.78 is 5.90. The van der Waals surface area contributed by atoms with Crippen LogP contribution in [0, 0.1) is 5.92 Å². The van der Waals surface area contributed by atoms with E-state index in [4.69, 9.17) is 10.5 Å². The first-order chi connectivity index (χ1) is 10.3. The molecule has 0 radical (unpaired) electrons. The maximum atomic E-state index is 6.14. The molecule has 1 aliphatic heterocycles. The Kier molecular flexibility index (Phi) is 4.81. The Hall–Kier alpha value is -1.06. The maximum absolute atomic E-state index is 6.14. The first-order valence-corrected chi connectivity index (χ1v) is 8.52. The first kappa shape index (κ1) is 14.9. The normalized spacial score (nSPS) is 27.3. The summed E-state index contributed by atoms with van der Waals surface area (Å²) in [5.74, 6) is 1.60. The summed E-state index contributed by atoms with van der Waals surface area (Å²) in [6.45, 7) is 4.77. The zero-order valence-corrected chi connectivity index (χ0v) is 13.1. The third-order valence-electron chi connectivity index (χ3n) is 4.90. The van der Waals surface area contributed by atoms with Gasteiger partial charge in [-0.2, -0.15) is 0 Å². The van der Waals surface area contributed by atoms with E-state index in [1.54, 1.807) is 0 Å². The summed E-state index contributed by atoms with van der Waals surface area (Å²) >= 11 is 0. The highest BCUT2D eigenvalue weighted by Crippen LogP contribution is 2.44. The van der Waals surface area contributed by atoms with Gasteiger partial charge < -0.3 is 10.5 Å². The highest BCUT2D eigenvalue weighted by molar-refractivity contribution is 5.37. The van der Waals surface area contributed by atoms with Crippen LogP contribution in [0.4, 0.5) is 0 Å². The average Bonchev–Trinajstić information content (AvgIpc) is 3.34. The van der Waals surface area contributed by atoms with E-state index in [1.807, 2.05) is 0 Å². The average molecular weight is 288 g/mol. The van der Waals surface area contributed by atoms with E-state index in [1.165, 1.54) is 44.2 Å². The van der Waals surface area contributed by atoms with E-state index < -0.39 is 0 Å². The predicted molar refractivity (Wildman–Crippen MR) is 86.5 cm³/mol. The van der Waals surface area contributed by atoms with Crippen LogP contribution in [0.5, 0.6) is 5.75 Å². The standard InChI is InChI=1S/C18H28N2O/c1-2-21-17-9-4-3-8-16(17)18-14(13-19)7-5-6-12-20(18)15-10-11-15/h3-4,8-9,14-15,18H,2,5-7,10-13,19H2,1H3. The lowest BCUT2D eigenvalue weighted by Crippen LogP contribution is -2.37. The third kappa shape index (κ3) is 3.24. The summed E-state index contributed by atoms with van der Waals surface area (Å²) in [5.41, 5.74) is 7.49. The van der Waals surface area contributed by atoms with Crippen LogP contribution in [-0.2, 0) is 0 Å². The van der Waals surface area contributed by atoms with E-state index in [9.17, 15) is 0 Å². The van der Waals surface area contributed by atoms with Crippen LogP contribution in [-0.4, -0.2) is 30.6 Å². The zero-order chi connectivity index (χ0) is 14.7. The Bertz CT molecular complexity index is 458. The second-order valence-electron chi connectivity index (χ2n) is 6.38. The largest absolute Gasteiger partial charge is 0.494 e. The molecule has 2 fully saturated rings. The van der Waals surface area contributed by atoms with Gasteiger partial charge in [0, 0.05) is 17.6 Å². The summed E-state index contributed by atoms with van der Waals surface area (Å²) in [4.78, 5) is 2.72. The highest BCUT2D eigenvalue weighted by Gasteiger charge is 2.39. The van der Waals surface area contributed by atoms with Crippen molar-refractivity contribution in [1.29, 1.82) is 0 Å². The molecule has 116 valence electrons. The SMILES string of the molecule is CCOc1ccccc1C1C(CN)CCCCN1C1CC1. The molecule has 3 rings (SSSR count). The van der Waals surface area contributed by atoms with Gasteiger partial charge in [0.05, 0.1) is 6.61 Å². The molecule has 0 aromatic heterocycles. The molecule has 1 saturated heterocycles. The molecular formula is C18H28N2O. The van der Waals surface area contributed by atoms with Gasteiger partial charge in [-0.05, 0) is 57.7 Å². The molecule has 2 unspecified atom stereocenters. The Labute approximate surface area is 128 Å². The number of nitrogens with two attached hydrogens (primary N) is 1. The number of nitrogens with zero attached hydrogens (tertiary/aromatic N) is 1. The van der Waals surface area contributed by atoms with Gasteiger partial charge in [-0.15, -0.1) is 0 Å². The van der Waals surface area contributed by atoms with Crippen molar-refractivity contribution in [2.24, 2.45) is 11.7 Å². The summed E-state index contributed by atoms with van der Waals surface area (Å²) in [6.07, 6.45) is 6.55. The van der Waals surface area contributed by atoms with Gasteiger partial charge >= 0.3 is 0 Å². The van der Waals surface area contributed by atoms with Crippen LogP contribution in [0.3, 0.4) is 0 Å². The molecule has 2 aliphatic rings. The molecule has 1 aliphatic carbocycles. The minimum Gasteiger partial charge on any atom is -0.494 e. The van der Waals surface area contributed by atoms with Gasteiger partial charge in [-0.3, -0.25) is 4.90 Å². The Morgan fingerprint density at radius 3 is 2.71 bits per heavy atom. The van der Waals surface area contributed by atoms with Crippen LogP contribution < -0.4 is 10.5 Å². The second-order valence-corrected chi connectivity index (χ2v) is 6.38. The van der Waals surface area contributed by atoms with Gasteiger partial charge in [0.2, 0.25) is 0 Å². The Morgan fingerprint density at radius 1 is 1.19 bits per heavy atom. The molecule has 2 N–H and O–H groups in total. The monoisotopic (exact) mass is 288 g/mol. The van der Waals surface area contributed by atoms with Crippen LogP contribution in [0.1, 0.15) is 50.6 Å². The lowest BCUT2D eigenvalue weighted by atomic mass is 9.88. The number of rotatable bonds is 5. The van der Waals surface area contributed by atoms with Crippen molar-refractivity contribution in [3.63, 3.8) is 0 Å². The third-order valence-corrected chi connectivity index (χ3v) is 4.90. The van der Waals surface area contributed by atoms with E-state index in [0.717, 1.165) is 24.9 Å². The van der Waals surface area contributed by atoms with E-state index in [2.05, 4.69) is 36.1 Å². The van der Waals surface area contributed by atoms with Crippen LogP contribution in [0.25, 0.3) is 0 Å². The zero-order valence-electron chi connectivity index (χ0n) is 13.1. The molecular weight excluding hydrogens is 260 g/mol. The van der Waals surface area contributed by atoms with Crippen molar-refractivity contribution in [2.75, 3.05) is 19.7 Å². The topological polar surface area (TPSA) is 38.5 Å². The van der Waals surface area contributed by atoms with Crippen molar-refractivity contribution < 1.29 is 4.74 Å². The number of para-hydroxylation sites is 1. The van der Waals surface area contributed by atoms with Gasteiger partial charge in [-0.25, -0.2) is 0 Å². The molecule has 1 saturated carbocycles. The summed E-state index contributed by atoms with van der Waals surface area (Å²) in [7, 11) is 0. The quantitative estimate of drug-likeness (QED) is 0.903. The molecule has 0 amide bonds. The molecule has 1 heterocycles. The number of benzene rings is 1. The van der Waals surface area contributed by atoms with Crippen LogP contribution in [0.2, 0.25) is 0 Å². The van der Waals surface area contributed by atoms with Gasteiger partial charge in [0.25, 0.3) is 0 Å². The fourth-order valence-electron chi connectivity index (χ4n) is 3.78. The molecule has 21 heavy (non-hydrogen) atoms. The van der Waals surface area contributed by atoms with Crippen molar-refractivity contribution in [3.8, 4) is 5.75 Å². The lowest BCUT2D eigenvalue weighted by Gasteiger charge is -2.36. The van der Waals surface area contributed by atoms with Gasteiger partial charge in [-0.1, -0.05) is 24.6 Å². The van der Waals surface area contributed by atoms with E-state index >= 15 is 0 Å². The highest BCUT2D eigenvalue weighted by atomic mass is 16.5. The minimum atomic E-state index is 0.438. The molecule has 0 spiro atoms. The first-order valence-electron chi connectivity index (χ1n) is 8.52. The number of hydrogen-bond acceptors (Lipinski definition) is 3. The van der Waals surface area contributed by atoms with Gasteiger partial charge in [0.15, 0.2) is 0 Å². The molecule has 2 atom stereocenters. The summed E-state index contributed by atoms with van der Waals surface area (Å²) in [5, 5.41) is 0. The minimum absolute atomic E-state index is 0.438. The van der Waals surface area contributed by atoms with Crippen LogP contribution >= 0.6 is 0 Å². The van der Waals surface area contributed by atoms with Crippen molar-refractivity contribution >= 4 is 0 Å². The predicted octanol–water partition coefficient (Wildman–Crippen LogP) is 3.35. The van der Waals surface area contributed by atoms with Crippen molar-refractivity contribution in [3.05, 3.63) is 29.8 Å². The smallest absolute Gasteiger partial charge is 0.124 e. The van der Waals surface area contributed by atoms with Crippen molar-refractivity contribution in [1.82, 2.24) is 4.90 Å². The molecule has 0 bridgehead atoms. The fraction of sp³-hybridized carbons (Fsp3) is 0.667. The summed E-state index contributed by atoms with van der Waals surface area (Å²) in [6, 6.07) is 9.79. The molecule has 3 heteroatoms. The fourth-order valence-corrected chi connectivity index (χ4v) is 3.78. The van der Waals surface area contributed by atoms with E-state index in [-0.39, 0.29) is 0 Å². The van der Waals surface area contributed by atoms with E-state index in [0.29, 0.717) is 12.0 Å². The van der Waals surface area contributed by atoms with Crippen molar-refractivity contribution in [2.45, 2.75) is 51.1 Å². The Balaban J connectivity index is 1.96. The number of hydrogen-bond donors (Lipinski definition) is 1. The molecule has 1 aromatic rings. The molecule has 1 aromatic carbocycles. The number of likely N-dealkylation sites (tertiary alicyclic amines) is 1. The van der Waals surface area contributed by atoms with Gasteiger partial charge in [0.1, 0.15) is 5.75 Å². The van der Waals surface area contributed by atoms with Crippen LogP contribution in [0.15, 0.2) is 24.3 Å². The molecule has 3 nitrogen and oxygen atoms in total. The number of ether oxygens (including phenoxy) is 1. The lowest BCUT2D eigenvalue weighted by molar-refractivity contribution is 0.145.